The van der Waals surface area contributed by atoms with Gasteiger partial charge in [0.25, 0.3) is 0 Å². The van der Waals surface area contributed by atoms with Gasteiger partial charge in [-0.3, -0.25) is 0 Å². The van der Waals surface area contributed by atoms with E-state index in [1.807, 2.05) is 6.07 Å². The van der Waals surface area contributed by atoms with Gasteiger partial charge in [-0.2, -0.15) is 5.26 Å². The molecule has 0 bridgehead atoms. The van der Waals surface area contributed by atoms with Gasteiger partial charge in [0.2, 0.25) is 5.76 Å². The molecular weight excluding hydrogens is 285 g/mol. The maximum absolute atomic E-state index is 13.2. The van der Waals surface area contributed by atoms with Crippen molar-refractivity contribution < 1.29 is 22.7 Å². The normalized spacial score (nSPS) is 12.1. The summed E-state index contributed by atoms with van der Waals surface area (Å²) in [6.45, 7) is -0.316. The summed E-state index contributed by atoms with van der Waals surface area (Å²) < 4.78 is 44.3. The molecule has 2 N–H and O–H groups in total. The Bertz CT molecular complexity index is 656. The van der Waals surface area contributed by atoms with Gasteiger partial charge in [-0.1, -0.05) is 0 Å². The molecule has 1 aromatic heterocycles. The number of aliphatic hydroxyl groups is 1. The Labute approximate surface area is 118 Å². The SMILES string of the molecule is N#Cc1ccc(CNC(CO)c2cc(F)c(F)c(F)c2)o1. The molecule has 1 heterocycles. The van der Waals surface area contributed by atoms with Gasteiger partial charge >= 0.3 is 0 Å². The smallest absolute Gasteiger partial charge is 0.203 e. The van der Waals surface area contributed by atoms with Crippen molar-refractivity contribution in [3.63, 3.8) is 0 Å². The Morgan fingerprint density at radius 3 is 2.43 bits per heavy atom. The van der Waals surface area contributed by atoms with Crippen LogP contribution < -0.4 is 5.32 Å². The fourth-order valence-electron chi connectivity index (χ4n) is 1.82. The van der Waals surface area contributed by atoms with Crippen LogP contribution in [-0.4, -0.2) is 11.7 Å². The fraction of sp³-hybridized carbons (Fsp3) is 0.214. The second-order valence-corrected chi connectivity index (χ2v) is 4.29. The number of aliphatic hydroxyl groups excluding tert-OH is 1. The highest BCUT2D eigenvalue weighted by molar-refractivity contribution is 5.23. The minimum atomic E-state index is -1.56. The minimum absolute atomic E-state index is 0.0703. The summed E-state index contributed by atoms with van der Waals surface area (Å²) >= 11 is 0. The van der Waals surface area contributed by atoms with Crippen LogP contribution in [0.1, 0.15) is 23.1 Å². The van der Waals surface area contributed by atoms with Gasteiger partial charge in [-0.25, -0.2) is 13.2 Å². The Kier molecular flexibility index (Phi) is 4.62. The molecule has 0 saturated heterocycles. The van der Waals surface area contributed by atoms with Crippen LogP contribution in [0.4, 0.5) is 13.2 Å². The monoisotopic (exact) mass is 296 g/mol. The predicted octanol–water partition coefficient (Wildman–Crippen LogP) is 2.39. The fourth-order valence-corrected chi connectivity index (χ4v) is 1.82. The van der Waals surface area contributed by atoms with E-state index in [-0.39, 0.29) is 17.9 Å². The minimum Gasteiger partial charge on any atom is -0.449 e. The molecule has 110 valence electrons. The highest BCUT2D eigenvalue weighted by Crippen LogP contribution is 2.20. The number of benzene rings is 1. The first kappa shape index (κ1) is 15.1. The molecule has 0 fully saturated rings. The number of nitrogens with zero attached hydrogens (tertiary/aromatic N) is 1. The summed E-state index contributed by atoms with van der Waals surface area (Å²) in [4.78, 5) is 0. The van der Waals surface area contributed by atoms with Crippen molar-refractivity contribution in [1.29, 1.82) is 5.26 Å². The second kappa shape index (κ2) is 6.43. The number of hydrogen-bond donors (Lipinski definition) is 2. The third-order valence-electron chi connectivity index (χ3n) is 2.89. The number of rotatable bonds is 5. The maximum Gasteiger partial charge on any atom is 0.203 e. The standard InChI is InChI=1S/C14H11F3N2O2/c15-11-3-8(4-12(16)14(11)17)13(7-20)19-6-10-2-1-9(5-18)21-10/h1-4,13,19-20H,6-7H2. The van der Waals surface area contributed by atoms with E-state index in [2.05, 4.69) is 5.32 Å². The Balaban J connectivity index is 2.11. The summed E-state index contributed by atoms with van der Waals surface area (Å²) in [7, 11) is 0. The molecule has 1 unspecified atom stereocenters. The van der Waals surface area contributed by atoms with Gasteiger partial charge in [-0.05, 0) is 29.8 Å². The first-order chi connectivity index (χ1) is 10.0. The molecular formula is C14H11F3N2O2. The van der Waals surface area contributed by atoms with Crippen molar-refractivity contribution in [3.05, 3.63) is 58.8 Å². The summed E-state index contributed by atoms with van der Waals surface area (Å²) in [6, 6.07) is 5.68. The van der Waals surface area contributed by atoms with E-state index in [1.54, 1.807) is 6.07 Å². The van der Waals surface area contributed by atoms with E-state index < -0.39 is 30.1 Å². The molecule has 1 atom stereocenters. The molecule has 21 heavy (non-hydrogen) atoms. The molecule has 7 heteroatoms. The lowest BCUT2D eigenvalue weighted by Crippen LogP contribution is -2.24. The van der Waals surface area contributed by atoms with Crippen LogP contribution in [0, 0.1) is 28.8 Å². The van der Waals surface area contributed by atoms with Gasteiger partial charge in [-0.15, -0.1) is 0 Å². The van der Waals surface area contributed by atoms with E-state index in [0.717, 1.165) is 12.1 Å². The van der Waals surface area contributed by atoms with Crippen molar-refractivity contribution in [2.24, 2.45) is 0 Å². The summed E-state index contributed by atoms with van der Waals surface area (Å²) in [5.41, 5.74) is 0.0703. The van der Waals surface area contributed by atoms with Gasteiger partial charge in [0, 0.05) is 0 Å². The third-order valence-corrected chi connectivity index (χ3v) is 2.89. The lowest BCUT2D eigenvalue weighted by atomic mass is 10.1. The zero-order valence-corrected chi connectivity index (χ0v) is 10.7. The van der Waals surface area contributed by atoms with Gasteiger partial charge in [0.1, 0.15) is 11.8 Å². The molecule has 0 saturated carbocycles. The number of furan rings is 1. The van der Waals surface area contributed by atoms with Crippen molar-refractivity contribution in [2.75, 3.05) is 6.61 Å². The molecule has 0 spiro atoms. The number of hydrogen-bond acceptors (Lipinski definition) is 4. The Morgan fingerprint density at radius 1 is 1.24 bits per heavy atom. The topological polar surface area (TPSA) is 69.2 Å². The lowest BCUT2D eigenvalue weighted by molar-refractivity contribution is 0.240. The van der Waals surface area contributed by atoms with Gasteiger partial charge < -0.3 is 14.8 Å². The average Bonchev–Trinajstić information content (AvgIpc) is 2.93. The average molecular weight is 296 g/mol. The Morgan fingerprint density at radius 2 is 1.90 bits per heavy atom. The van der Waals surface area contributed by atoms with Crippen LogP contribution in [0.5, 0.6) is 0 Å². The molecule has 0 aliphatic carbocycles. The van der Waals surface area contributed by atoms with Crippen LogP contribution in [0.3, 0.4) is 0 Å². The van der Waals surface area contributed by atoms with Crippen LogP contribution >= 0.6 is 0 Å². The van der Waals surface area contributed by atoms with E-state index >= 15 is 0 Å². The van der Waals surface area contributed by atoms with Crippen LogP contribution in [-0.2, 0) is 6.54 Å². The maximum atomic E-state index is 13.2. The second-order valence-electron chi connectivity index (χ2n) is 4.29. The molecule has 0 radical (unpaired) electrons. The largest absolute Gasteiger partial charge is 0.449 e. The number of halogens is 3. The van der Waals surface area contributed by atoms with Crippen LogP contribution in [0.15, 0.2) is 28.7 Å². The van der Waals surface area contributed by atoms with Crippen molar-refractivity contribution in [3.8, 4) is 6.07 Å². The van der Waals surface area contributed by atoms with Crippen molar-refractivity contribution in [1.82, 2.24) is 5.32 Å². The summed E-state index contributed by atoms with van der Waals surface area (Å²) in [5.74, 6) is -3.65. The number of nitrogens with one attached hydrogen (secondary N) is 1. The van der Waals surface area contributed by atoms with E-state index in [4.69, 9.17) is 9.68 Å². The van der Waals surface area contributed by atoms with Gasteiger partial charge in [0.05, 0.1) is 19.2 Å². The number of nitriles is 1. The lowest BCUT2D eigenvalue weighted by Gasteiger charge is -2.16. The zero-order chi connectivity index (χ0) is 15.4. The summed E-state index contributed by atoms with van der Waals surface area (Å²) in [6.07, 6.45) is 0. The molecule has 4 nitrogen and oxygen atoms in total. The van der Waals surface area contributed by atoms with E-state index in [1.165, 1.54) is 6.07 Å². The van der Waals surface area contributed by atoms with Crippen LogP contribution in [0.2, 0.25) is 0 Å². The highest BCUT2D eigenvalue weighted by atomic mass is 19.2. The zero-order valence-electron chi connectivity index (χ0n) is 10.7. The van der Waals surface area contributed by atoms with Crippen molar-refractivity contribution in [2.45, 2.75) is 12.6 Å². The van der Waals surface area contributed by atoms with E-state index in [9.17, 15) is 18.3 Å². The highest BCUT2D eigenvalue weighted by Gasteiger charge is 2.17. The quantitative estimate of drug-likeness (QED) is 0.831. The predicted molar refractivity (Wildman–Crippen MR) is 66.4 cm³/mol. The molecule has 0 aliphatic heterocycles. The molecule has 2 aromatic rings. The Hall–Kier alpha value is -2.30. The first-order valence-electron chi connectivity index (χ1n) is 6.02. The van der Waals surface area contributed by atoms with E-state index in [0.29, 0.717) is 5.76 Å². The van der Waals surface area contributed by atoms with Crippen molar-refractivity contribution >= 4 is 0 Å². The summed E-state index contributed by atoms with van der Waals surface area (Å²) in [5, 5.41) is 20.7. The van der Waals surface area contributed by atoms with Crippen LogP contribution in [0.25, 0.3) is 0 Å². The molecule has 1 aromatic carbocycles. The van der Waals surface area contributed by atoms with Gasteiger partial charge in [0.15, 0.2) is 17.5 Å². The molecule has 0 aliphatic rings. The first-order valence-corrected chi connectivity index (χ1v) is 6.02. The molecule has 2 rings (SSSR count). The third kappa shape index (κ3) is 3.42. The molecule has 0 amide bonds.